The molecule has 1 saturated heterocycles. The first-order valence-electron chi connectivity index (χ1n) is 6.51. The normalized spacial score (nSPS) is 18.6. The predicted octanol–water partition coefficient (Wildman–Crippen LogP) is 2.05. The zero-order chi connectivity index (χ0) is 15.6. The zero-order valence-electron chi connectivity index (χ0n) is 11.4. The van der Waals surface area contributed by atoms with Crippen molar-refractivity contribution < 1.29 is 24.0 Å². The van der Waals surface area contributed by atoms with Crippen LogP contribution in [-0.2, 0) is 4.74 Å². The lowest BCUT2D eigenvalue weighted by atomic mass is 10.1. The Morgan fingerprint density at radius 2 is 2.33 bits per heavy atom. The third-order valence-electron chi connectivity index (χ3n) is 3.50. The highest BCUT2D eigenvalue weighted by atomic mass is 19.1. The van der Waals surface area contributed by atoms with Crippen LogP contribution in [0.2, 0.25) is 0 Å². The molecular weight excluding hydrogens is 283 g/mol. The second-order valence-electron chi connectivity index (χ2n) is 4.71. The number of halogens is 1. The molecule has 1 aromatic carbocycles. The molecule has 1 atom stereocenters. The van der Waals surface area contributed by atoms with Crippen LogP contribution in [0.15, 0.2) is 12.1 Å². The van der Waals surface area contributed by atoms with Crippen LogP contribution in [0.4, 0.5) is 15.8 Å². The number of aromatic carboxylic acids is 1. The average Bonchev–Trinajstić information content (AvgIpc) is 2.46. The van der Waals surface area contributed by atoms with Crippen LogP contribution < -0.4 is 4.90 Å². The number of benzene rings is 1. The number of nitrogens with zero attached hydrogens (tertiary/aromatic N) is 2. The van der Waals surface area contributed by atoms with Crippen LogP contribution in [-0.4, -0.2) is 41.8 Å². The highest BCUT2D eigenvalue weighted by Crippen LogP contribution is 2.33. The van der Waals surface area contributed by atoms with Gasteiger partial charge in [0, 0.05) is 18.7 Å². The van der Waals surface area contributed by atoms with Crippen LogP contribution in [0, 0.1) is 15.9 Å². The van der Waals surface area contributed by atoms with Crippen molar-refractivity contribution in [1.82, 2.24) is 0 Å². The highest BCUT2D eigenvalue weighted by molar-refractivity contribution is 5.90. The van der Waals surface area contributed by atoms with E-state index in [1.165, 1.54) is 0 Å². The van der Waals surface area contributed by atoms with E-state index in [9.17, 15) is 19.3 Å². The molecule has 0 bridgehead atoms. The summed E-state index contributed by atoms with van der Waals surface area (Å²) in [5.41, 5.74) is -1.02. The minimum absolute atomic E-state index is 0.0950. The summed E-state index contributed by atoms with van der Waals surface area (Å²) < 4.78 is 19.2. The minimum Gasteiger partial charge on any atom is -0.478 e. The molecule has 21 heavy (non-hydrogen) atoms. The highest BCUT2D eigenvalue weighted by Gasteiger charge is 2.30. The molecule has 0 saturated carbocycles. The summed E-state index contributed by atoms with van der Waals surface area (Å²) in [5.74, 6) is -2.51. The van der Waals surface area contributed by atoms with E-state index in [0.717, 1.165) is 12.1 Å². The largest absolute Gasteiger partial charge is 0.478 e. The van der Waals surface area contributed by atoms with Gasteiger partial charge in [-0.25, -0.2) is 9.18 Å². The fourth-order valence-electron chi connectivity index (χ4n) is 2.40. The molecule has 1 fully saturated rings. The Hall–Kier alpha value is -2.22. The number of nitro benzene ring substituents is 1. The molecule has 1 N–H and O–H groups in total. The number of hydrogen-bond acceptors (Lipinski definition) is 5. The molecular formula is C13H15FN2O5. The first kappa shape index (κ1) is 15.2. The monoisotopic (exact) mass is 298 g/mol. The number of rotatable bonds is 4. The molecule has 114 valence electrons. The number of carboxylic acids is 1. The van der Waals surface area contributed by atoms with Crippen molar-refractivity contribution >= 4 is 17.3 Å². The fraction of sp³-hybridized carbons (Fsp3) is 0.462. The maximum Gasteiger partial charge on any atom is 0.338 e. The van der Waals surface area contributed by atoms with Crippen molar-refractivity contribution in [3.63, 3.8) is 0 Å². The van der Waals surface area contributed by atoms with Crippen LogP contribution in [0.3, 0.4) is 0 Å². The van der Waals surface area contributed by atoms with Gasteiger partial charge in [0.1, 0.15) is 17.1 Å². The lowest BCUT2D eigenvalue weighted by Gasteiger charge is -2.36. The Labute approximate surface area is 120 Å². The molecule has 0 aromatic heterocycles. The number of anilines is 1. The van der Waals surface area contributed by atoms with Crippen LogP contribution in [0.1, 0.15) is 23.7 Å². The summed E-state index contributed by atoms with van der Waals surface area (Å²) in [6.07, 6.45) is 0.680. The fourth-order valence-corrected chi connectivity index (χ4v) is 2.40. The maximum atomic E-state index is 13.9. The van der Waals surface area contributed by atoms with Crippen LogP contribution in [0.25, 0.3) is 0 Å². The summed E-state index contributed by atoms with van der Waals surface area (Å²) in [7, 11) is 0. The molecule has 0 amide bonds. The van der Waals surface area contributed by atoms with Gasteiger partial charge in [0.05, 0.1) is 24.2 Å². The SMILES string of the molecule is CCC1COCCN1c1cc(F)c(C(=O)O)cc1[N+](=O)[O-]. The number of ether oxygens (including phenoxy) is 1. The van der Waals surface area contributed by atoms with E-state index in [0.29, 0.717) is 26.2 Å². The van der Waals surface area contributed by atoms with E-state index < -0.39 is 28.0 Å². The molecule has 7 nitrogen and oxygen atoms in total. The predicted molar refractivity (Wildman–Crippen MR) is 72.3 cm³/mol. The van der Waals surface area contributed by atoms with Crippen LogP contribution >= 0.6 is 0 Å². The lowest BCUT2D eigenvalue weighted by molar-refractivity contribution is -0.384. The third kappa shape index (κ3) is 2.94. The van der Waals surface area contributed by atoms with Crippen molar-refractivity contribution in [1.29, 1.82) is 0 Å². The van der Waals surface area contributed by atoms with Gasteiger partial charge in [-0.3, -0.25) is 10.1 Å². The van der Waals surface area contributed by atoms with E-state index in [4.69, 9.17) is 9.84 Å². The molecule has 1 aliphatic rings. The van der Waals surface area contributed by atoms with E-state index in [1.54, 1.807) is 4.90 Å². The van der Waals surface area contributed by atoms with E-state index in [2.05, 4.69) is 0 Å². The average molecular weight is 298 g/mol. The Morgan fingerprint density at radius 3 is 2.90 bits per heavy atom. The molecule has 0 radical (unpaired) electrons. The van der Waals surface area contributed by atoms with Gasteiger partial charge in [-0.2, -0.15) is 0 Å². The van der Waals surface area contributed by atoms with Crippen molar-refractivity contribution in [2.45, 2.75) is 19.4 Å². The van der Waals surface area contributed by atoms with E-state index in [1.807, 2.05) is 6.92 Å². The van der Waals surface area contributed by atoms with Gasteiger partial charge >= 0.3 is 5.97 Å². The first-order valence-corrected chi connectivity index (χ1v) is 6.51. The molecule has 1 unspecified atom stereocenters. The van der Waals surface area contributed by atoms with E-state index >= 15 is 0 Å². The molecule has 1 heterocycles. The Balaban J connectivity index is 2.53. The van der Waals surface area contributed by atoms with E-state index in [-0.39, 0.29) is 11.7 Å². The Bertz CT molecular complexity index is 578. The van der Waals surface area contributed by atoms with Crippen LogP contribution in [0.5, 0.6) is 0 Å². The third-order valence-corrected chi connectivity index (χ3v) is 3.50. The Morgan fingerprint density at radius 1 is 1.62 bits per heavy atom. The topological polar surface area (TPSA) is 92.9 Å². The first-order chi connectivity index (χ1) is 9.95. The van der Waals surface area contributed by atoms with Crippen molar-refractivity contribution in [2.75, 3.05) is 24.7 Å². The van der Waals surface area contributed by atoms with Gasteiger partial charge in [0.2, 0.25) is 0 Å². The quantitative estimate of drug-likeness (QED) is 0.675. The number of nitro groups is 1. The molecule has 2 rings (SSSR count). The number of hydrogen-bond donors (Lipinski definition) is 1. The van der Waals surface area contributed by atoms with Gasteiger partial charge in [-0.15, -0.1) is 0 Å². The zero-order valence-corrected chi connectivity index (χ0v) is 11.4. The summed E-state index contributed by atoms with van der Waals surface area (Å²) in [5, 5.41) is 20.1. The molecule has 1 aliphatic heterocycles. The van der Waals surface area contributed by atoms with Crippen molar-refractivity contribution in [2.24, 2.45) is 0 Å². The van der Waals surface area contributed by atoms with Crippen molar-refractivity contribution in [3.05, 3.63) is 33.6 Å². The van der Waals surface area contributed by atoms with Gasteiger partial charge in [-0.1, -0.05) is 6.92 Å². The second kappa shape index (κ2) is 6.04. The molecule has 0 spiro atoms. The lowest BCUT2D eigenvalue weighted by Crippen LogP contribution is -2.45. The molecule has 0 aliphatic carbocycles. The summed E-state index contributed by atoms with van der Waals surface area (Å²) in [6, 6.07) is 1.60. The summed E-state index contributed by atoms with van der Waals surface area (Å²) in [4.78, 5) is 23.1. The smallest absolute Gasteiger partial charge is 0.338 e. The van der Waals surface area contributed by atoms with Gasteiger partial charge in [0.15, 0.2) is 0 Å². The van der Waals surface area contributed by atoms with Gasteiger partial charge < -0.3 is 14.7 Å². The number of carboxylic acid groups (broad SMARTS) is 1. The van der Waals surface area contributed by atoms with Gasteiger partial charge in [-0.05, 0) is 6.42 Å². The Kier molecular flexibility index (Phi) is 4.37. The standard InChI is InChI=1S/C13H15FN2O5/c1-2-8-7-21-4-3-15(8)11-6-10(14)9(13(17)18)5-12(11)16(19)20/h5-6,8H,2-4,7H2,1H3,(H,17,18). The second-order valence-corrected chi connectivity index (χ2v) is 4.71. The maximum absolute atomic E-state index is 13.9. The molecule has 1 aromatic rings. The number of carbonyl (C=O) groups is 1. The minimum atomic E-state index is -1.53. The summed E-state index contributed by atoms with van der Waals surface area (Å²) >= 11 is 0. The number of morpholine rings is 1. The molecule has 8 heteroatoms. The van der Waals surface area contributed by atoms with Gasteiger partial charge in [0.25, 0.3) is 5.69 Å². The summed E-state index contributed by atoms with van der Waals surface area (Å²) in [6.45, 7) is 3.08. The van der Waals surface area contributed by atoms with Crippen molar-refractivity contribution in [3.8, 4) is 0 Å².